The lowest BCUT2D eigenvalue weighted by Crippen LogP contribution is -2.34. The van der Waals surface area contributed by atoms with Gasteiger partial charge in [0.25, 0.3) is 5.91 Å². The summed E-state index contributed by atoms with van der Waals surface area (Å²) in [6, 6.07) is 11.4. The summed E-state index contributed by atoms with van der Waals surface area (Å²) in [5.41, 5.74) is 2.40. The van der Waals surface area contributed by atoms with Gasteiger partial charge in [0.15, 0.2) is 6.61 Å². The van der Waals surface area contributed by atoms with Crippen LogP contribution >= 0.6 is 0 Å². The highest BCUT2D eigenvalue weighted by Gasteiger charge is 2.30. The van der Waals surface area contributed by atoms with Crippen LogP contribution in [0.1, 0.15) is 36.9 Å². The van der Waals surface area contributed by atoms with Gasteiger partial charge in [0.2, 0.25) is 5.91 Å². The molecule has 1 heterocycles. The number of nitrogens with zero attached hydrogens (tertiary/aromatic N) is 1. The molecule has 2 amide bonds. The van der Waals surface area contributed by atoms with E-state index in [-0.39, 0.29) is 36.2 Å². The van der Waals surface area contributed by atoms with Gasteiger partial charge in [0.1, 0.15) is 11.6 Å². The van der Waals surface area contributed by atoms with E-state index in [1.807, 2.05) is 13.0 Å². The van der Waals surface area contributed by atoms with E-state index in [1.165, 1.54) is 12.1 Å². The van der Waals surface area contributed by atoms with Crippen LogP contribution in [0.3, 0.4) is 0 Å². The fourth-order valence-corrected chi connectivity index (χ4v) is 3.28. The van der Waals surface area contributed by atoms with Crippen molar-refractivity contribution in [3.8, 4) is 5.75 Å². The molecule has 1 unspecified atom stereocenters. The van der Waals surface area contributed by atoms with Crippen molar-refractivity contribution in [2.45, 2.75) is 32.4 Å². The predicted molar refractivity (Wildman–Crippen MR) is 98.7 cm³/mol. The van der Waals surface area contributed by atoms with Crippen molar-refractivity contribution in [3.63, 3.8) is 0 Å². The second-order valence-electron chi connectivity index (χ2n) is 7.12. The van der Waals surface area contributed by atoms with Crippen LogP contribution in [0, 0.1) is 11.7 Å². The summed E-state index contributed by atoms with van der Waals surface area (Å²) in [4.78, 5) is 26.3. The quantitative estimate of drug-likeness (QED) is 0.896. The van der Waals surface area contributed by atoms with E-state index < -0.39 is 0 Å². The molecule has 0 bridgehead atoms. The molecule has 4 rings (SSSR count). The molecule has 1 atom stereocenters. The van der Waals surface area contributed by atoms with E-state index in [2.05, 4.69) is 5.32 Å². The third-order valence-electron chi connectivity index (χ3n) is 5.11. The molecule has 6 heteroatoms. The Morgan fingerprint density at radius 1 is 1.22 bits per heavy atom. The maximum atomic E-state index is 13.2. The number of hydrogen-bond acceptors (Lipinski definition) is 3. The van der Waals surface area contributed by atoms with E-state index >= 15 is 0 Å². The van der Waals surface area contributed by atoms with Crippen molar-refractivity contribution in [3.05, 3.63) is 59.4 Å². The summed E-state index contributed by atoms with van der Waals surface area (Å²) in [6.45, 7) is 2.22. The molecule has 1 saturated carbocycles. The highest BCUT2D eigenvalue weighted by Crippen LogP contribution is 2.33. The van der Waals surface area contributed by atoms with Crippen molar-refractivity contribution in [2.75, 3.05) is 11.9 Å². The minimum absolute atomic E-state index is 0.0390. The van der Waals surface area contributed by atoms with Gasteiger partial charge in [-0.25, -0.2) is 4.39 Å². The standard InChI is InChI=1S/C21H21FN2O3/c1-13(14-4-6-17(22)7-5-14)24-11-16-10-18(23-21(26)15-2-3-15)8-9-19(16)27-12-20(24)25/h4-10,13,15H,2-3,11-12H2,1H3,(H,23,26). The number of amides is 2. The van der Waals surface area contributed by atoms with Crippen LogP contribution < -0.4 is 10.1 Å². The van der Waals surface area contributed by atoms with Gasteiger partial charge in [-0.2, -0.15) is 0 Å². The Balaban J connectivity index is 1.57. The molecule has 5 nitrogen and oxygen atoms in total. The Kier molecular flexibility index (Phi) is 4.56. The van der Waals surface area contributed by atoms with Crippen LogP contribution in [0.5, 0.6) is 5.75 Å². The first-order chi connectivity index (χ1) is 13.0. The molecule has 1 fully saturated rings. The summed E-state index contributed by atoms with van der Waals surface area (Å²) < 4.78 is 18.9. The SMILES string of the molecule is CC(c1ccc(F)cc1)N1Cc2cc(NC(=O)C3CC3)ccc2OCC1=O. The van der Waals surface area contributed by atoms with Crippen LogP contribution in [-0.4, -0.2) is 23.3 Å². The van der Waals surface area contributed by atoms with Crippen molar-refractivity contribution in [2.24, 2.45) is 5.92 Å². The number of halogens is 1. The zero-order valence-corrected chi connectivity index (χ0v) is 15.1. The summed E-state index contributed by atoms with van der Waals surface area (Å²) in [5.74, 6) is 0.361. The Morgan fingerprint density at radius 2 is 1.96 bits per heavy atom. The second kappa shape index (κ2) is 7.02. The average molecular weight is 368 g/mol. The van der Waals surface area contributed by atoms with E-state index in [0.717, 1.165) is 24.0 Å². The maximum Gasteiger partial charge on any atom is 0.261 e. The molecule has 0 radical (unpaired) electrons. The average Bonchev–Trinajstić information content (AvgIpc) is 3.50. The highest BCUT2D eigenvalue weighted by atomic mass is 19.1. The van der Waals surface area contributed by atoms with Gasteiger partial charge >= 0.3 is 0 Å². The topological polar surface area (TPSA) is 58.6 Å². The number of hydrogen-bond donors (Lipinski definition) is 1. The molecule has 2 aromatic carbocycles. The summed E-state index contributed by atoms with van der Waals surface area (Å²) >= 11 is 0. The molecule has 1 aliphatic carbocycles. The molecular formula is C21H21FN2O3. The molecule has 140 valence electrons. The van der Waals surface area contributed by atoms with Crippen LogP contribution in [0.15, 0.2) is 42.5 Å². The number of nitrogens with one attached hydrogen (secondary N) is 1. The van der Waals surface area contributed by atoms with E-state index in [4.69, 9.17) is 4.74 Å². The smallest absolute Gasteiger partial charge is 0.261 e. The molecule has 2 aromatic rings. The molecule has 2 aliphatic rings. The Bertz CT molecular complexity index is 877. The Morgan fingerprint density at radius 3 is 2.67 bits per heavy atom. The molecule has 0 aromatic heterocycles. The van der Waals surface area contributed by atoms with Crippen molar-refractivity contribution in [1.82, 2.24) is 4.90 Å². The van der Waals surface area contributed by atoms with Gasteiger partial charge in [-0.15, -0.1) is 0 Å². The van der Waals surface area contributed by atoms with Gasteiger partial charge in [-0.05, 0) is 55.7 Å². The minimum atomic E-state index is -0.308. The van der Waals surface area contributed by atoms with Crippen molar-refractivity contribution < 1.29 is 18.7 Å². The molecule has 1 N–H and O–H groups in total. The monoisotopic (exact) mass is 368 g/mol. The van der Waals surface area contributed by atoms with E-state index in [9.17, 15) is 14.0 Å². The van der Waals surface area contributed by atoms with Gasteiger partial charge in [0, 0.05) is 17.2 Å². The van der Waals surface area contributed by atoms with Gasteiger partial charge in [0.05, 0.1) is 12.6 Å². The number of carbonyl (C=O) groups excluding carboxylic acids is 2. The van der Waals surface area contributed by atoms with E-state index in [1.54, 1.807) is 29.2 Å². The third-order valence-corrected chi connectivity index (χ3v) is 5.11. The zero-order valence-electron chi connectivity index (χ0n) is 15.1. The second-order valence-corrected chi connectivity index (χ2v) is 7.12. The first-order valence-corrected chi connectivity index (χ1v) is 9.13. The molecule has 0 saturated heterocycles. The summed E-state index contributed by atoms with van der Waals surface area (Å²) in [6.07, 6.45) is 1.88. The summed E-state index contributed by atoms with van der Waals surface area (Å²) in [5, 5.41) is 2.93. The van der Waals surface area contributed by atoms with Crippen molar-refractivity contribution in [1.29, 1.82) is 0 Å². The molecular weight excluding hydrogens is 347 g/mol. The highest BCUT2D eigenvalue weighted by molar-refractivity contribution is 5.94. The first kappa shape index (κ1) is 17.5. The van der Waals surface area contributed by atoms with Crippen LogP contribution in [-0.2, 0) is 16.1 Å². The zero-order chi connectivity index (χ0) is 19.0. The largest absolute Gasteiger partial charge is 0.483 e. The summed E-state index contributed by atoms with van der Waals surface area (Å²) in [7, 11) is 0. The lowest BCUT2D eigenvalue weighted by molar-refractivity contribution is -0.135. The minimum Gasteiger partial charge on any atom is -0.483 e. The predicted octanol–water partition coefficient (Wildman–Crippen LogP) is 3.66. The molecule has 0 spiro atoms. The van der Waals surface area contributed by atoms with Crippen molar-refractivity contribution >= 4 is 17.5 Å². The van der Waals surface area contributed by atoms with Gasteiger partial charge in [-0.3, -0.25) is 9.59 Å². The fraction of sp³-hybridized carbons (Fsp3) is 0.333. The maximum absolute atomic E-state index is 13.2. The number of fused-ring (bicyclic) bond motifs is 1. The Hall–Kier alpha value is -2.89. The number of rotatable bonds is 4. The number of benzene rings is 2. The van der Waals surface area contributed by atoms with Gasteiger partial charge in [-0.1, -0.05) is 12.1 Å². The lowest BCUT2D eigenvalue weighted by Gasteiger charge is -2.28. The number of carbonyl (C=O) groups is 2. The third kappa shape index (κ3) is 3.79. The van der Waals surface area contributed by atoms with Gasteiger partial charge < -0.3 is 15.0 Å². The molecule has 1 aliphatic heterocycles. The fourth-order valence-electron chi connectivity index (χ4n) is 3.28. The van der Waals surface area contributed by atoms with E-state index in [0.29, 0.717) is 18.0 Å². The Labute approximate surface area is 157 Å². The molecule has 27 heavy (non-hydrogen) atoms. The van der Waals surface area contributed by atoms with Crippen LogP contribution in [0.25, 0.3) is 0 Å². The normalized spacial score (nSPS) is 17.6. The van der Waals surface area contributed by atoms with Crippen LogP contribution in [0.4, 0.5) is 10.1 Å². The lowest BCUT2D eigenvalue weighted by atomic mass is 10.1. The number of ether oxygens (including phenoxy) is 1. The number of anilines is 1. The first-order valence-electron chi connectivity index (χ1n) is 9.13. The van der Waals surface area contributed by atoms with Crippen LogP contribution in [0.2, 0.25) is 0 Å².